The third-order valence-corrected chi connectivity index (χ3v) is 1.01. The topological polar surface area (TPSA) is 52.5 Å². The van der Waals surface area contributed by atoms with Gasteiger partial charge in [-0.05, 0) is 4.81 Å². The van der Waals surface area contributed by atoms with E-state index < -0.39 is 4.81 Å². The summed E-state index contributed by atoms with van der Waals surface area (Å²) >= 11 is 0. The lowest BCUT2D eigenvalue weighted by Gasteiger charge is -2.10. The molecule has 0 bridgehead atoms. The summed E-state index contributed by atoms with van der Waals surface area (Å²) in [6, 6.07) is 0. The molecule has 0 aromatic carbocycles. The van der Waals surface area contributed by atoms with Gasteiger partial charge in [0.2, 0.25) is 0 Å². The molecule has 0 aliphatic carbocycles. The Bertz CT molecular complexity index is 65.3. The summed E-state index contributed by atoms with van der Waals surface area (Å²) in [4.78, 5) is -0.861. The molecule has 1 fully saturated rings. The number of hydrogen-bond donors (Lipinski definition) is 3. The van der Waals surface area contributed by atoms with E-state index >= 15 is 0 Å². The SMILES string of the molecule is O[N+]1(O)CCNC1. The van der Waals surface area contributed by atoms with Gasteiger partial charge in [0.1, 0.15) is 0 Å². The predicted octanol–water partition coefficient (Wildman–Crippen LogP) is -0.858. The molecule has 1 rings (SSSR count). The van der Waals surface area contributed by atoms with Crippen molar-refractivity contribution in [3.8, 4) is 0 Å². The number of rotatable bonds is 0. The van der Waals surface area contributed by atoms with E-state index in [0.717, 1.165) is 0 Å². The Hall–Kier alpha value is -0.160. The van der Waals surface area contributed by atoms with E-state index in [2.05, 4.69) is 5.32 Å². The van der Waals surface area contributed by atoms with E-state index in [-0.39, 0.29) is 6.67 Å². The lowest BCUT2D eigenvalue weighted by atomic mass is 10.7. The van der Waals surface area contributed by atoms with Gasteiger partial charge in [0, 0.05) is 0 Å². The highest BCUT2D eigenvalue weighted by atomic mass is 16.8. The average Bonchev–Trinajstić information content (AvgIpc) is 1.84. The van der Waals surface area contributed by atoms with Crippen molar-refractivity contribution in [3.63, 3.8) is 0 Å². The first-order chi connectivity index (χ1) is 3.21. The van der Waals surface area contributed by atoms with Gasteiger partial charge in [-0.15, -0.1) is 0 Å². The van der Waals surface area contributed by atoms with Crippen LogP contribution in [0.15, 0.2) is 0 Å². The fourth-order valence-electron chi connectivity index (χ4n) is 0.595. The second-order valence-electron chi connectivity index (χ2n) is 1.76. The summed E-state index contributed by atoms with van der Waals surface area (Å²) in [5.74, 6) is 0. The second kappa shape index (κ2) is 1.41. The van der Waals surface area contributed by atoms with Crippen molar-refractivity contribution in [1.82, 2.24) is 5.32 Å². The van der Waals surface area contributed by atoms with E-state index in [0.29, 0.717) is 13.1 Å². The Kier molecular flexibility index (Phi) is 1.01. The van der Waals surface area contributed by atoms with E-state index in [1.807, 2.05) is 0 Å². The van der Waals surface area contributed by atoms with E-state index in [9.17, 15) is 0 Å². The molecule has 7 heavy (non-hydrogen) atoms. The molecule has 1 aliphatic rings. The van der Waals surface area contributed by atoms with E-state index in [1.54, 1.807) is 0 Å². The Morgan fingerprint density at radius 1 is 1.43 bits per heavy atom. The molecule has 3 N–H and O–H groups in total. The molecular formula is C3H9N2O2+. The van der Waals surface area contributed by atoms with Gasteiger partial charge in [0.25, 0.3) is 0 Å². The lowest BCUT2D eigenvalue weighted by Crippen LogP contribution is -2.39. The van der Waals surface area contributed by atoms with E-state index in [1.165, 1.54) is 0 Å². The maximum atomic E-state index is 8.62. The number of quaternary nitrogens is 1. The molecule has 0 atom stereocenters. The zero-order valence-corrected chi connectivity index (χ0v) is 3.96. The number of hydrogen-bond acceptors (Lipinski definition) is 3. The van der Waals surface area contributed by atoms with Crippen LogP contribution in [0.25, 0.3) is 0 Å². The molecule has 1 aliphatic heterocycles. The molecular weight excluding hydrogens is 96.0 g/mol. The van der Waals surface area contributed by atoms with Gasteiger partial charge in [-0.3, -0.25) is 5.32 Å². The summed E-state index contributed by atoms with van der Waals surface area (Å²) in [7, 11) is 0. The molecule has 0 amide bonds. The summed E-state index contributed by atoms with van der Waals surface area (Å²) in [6.07, 6.45) is 0. The maximum Gasteiger partial charge on any atom is 0.195 e. The molecule has 0 radical (unpaired) electrons. The first-order valence-electron chi connectivity index (χ1n) is 2.24. The van der Waals surface area contributed by atoms with Crippen molar-refractivity contribution in [2.75, 3.05) is 19.8 Å². The zero-order valence-electron chi connectivity index (χ0n) is 3.96. The van der Waals surface area contributed by atoms with Crippen LogP contribution in [-0.4, -0.2) is 35.0 Å². The highest BCUT2D eigenvalue weighted by Crippen LogP contribution is 1.95. The molecule has 0 aromatic rings. The standard InChI is InChI=1S/C3H9N2O2/c6-5(7)2-1-4-3-5/h4,6-7H,1-3H2/q+1. The largest absolute Gasteiger partial charge is 0.259 e. The molecule has 0 saturated carbocycles. The smallest absolute Gasteiger partial charge is 0.195 e. The fourth-order valence-corrected chi connectivity index (χ4v) is 0.595. The second-order valence-corrected chi connectivity index (χ2v) is 1.76. The number of nitrogens with one attached hydrogen (secondary N) is 1. The average molecular weight is 105 g/mol. The lowest BCUT2D eigenvalue weighted by molar-refractivity contribution is -1.24. The number of nitrogens with zero attached hydrogens (tertiary/aromatic N) is 1. The predicted molar refractivity (Wildman–Crippen MR) is 21.6 cm³/mol. The molecule has 42 valence electrons. The van der Waals surface area contributed by atoms with Gasteiger partial charge >= 0.3 is 0 Å². The monoisotopic (exact) mass is 105 g/mol. The zero-order chi connectivity index (χ0) is 5.33. The molecule has 0 aromatic heterocycles. The van der Waals surface area contributed by atoms with Crippen LogP contribution < -0.4 is 5.32 Å². The van der Waals surface area contributed by atoms with Gasteiger partial charge in [-0.25, -0.2) is 0 Å². The summed E-state index contributed by atoms with van der Waals surface area (Å²) in [5.41, 5.74) is 0. The van der Waals surface area contributed by atoms with Crippen molar-refractivity contribution in [2.45, 2.75) is 0 Å². The highest BCUT2D eigenvalue weighted by molar-refractivity contribution is 4.41. The van der Waals surface area contributed by atoms with Crippen LogP contribution in [0.4, 0.5) is 0 Å². The van der Waals surface area contributed by atoms with Crippen LogP contribution in [0.3, 0.4) is 0 Å². The van der Waals surface area contributed by atoms with Gasteiger partial charge < -0.3 is 0 Å². The normalized spacial score (nSPS) is 28.3. The molecule has 1 saturated heterocycles. The Labute approximate surface area is 41.5 Å². The molecule has 0 unspecified atom stereocenters. The summed E-state index contributed by atoms with van der Waals surface area (Å²) in [5, 5.41) is 20.0. The van der Waals surface area contributed by atoms with Crippen molar-refractivity contribution in [1.29, 1.82) is 0 Å². The Morgan fingerprint density at radius 3 is 2.29 bits per heavy atom. The van der Waals surface area contributed by atoms with Gasteiger partial charge in [0.05, 0.1) is 6.54 Å². The van der Waals surface area contributed by atoms with Gasteiger partial charge in [-0.1, -0.05) is 0 Å². The van der Waals surface area contributed by atoms with Gasteiger partial charge in [-0.2, -0.15) is 10.4 Å². The minimum atomic E-state index is -0.861. The molecule has 4 heteroatoms. The van der Waals surface area contributed by atoms with Gasteiger partial charge in [0.15, 0.2) is 13.2 Å². The van der Waals surface area contributed by atoms with Crippen LogP contribution in [-0.2, 0) is 0 Å². The Morgan fingerprint density at radius 2 is 2.14 bits per heavy atom. The van der Waals surface area contributed by atoms with Crippen molar-refractivity contribution < 1.29 is 15.2 Å². The van der Waals surface area contributed by atoms with Crippen LogP contribution in [0, 0.1) is 0 Å². The van der Waals surface area contributed by atoms with Crippen molar-refractivity contribution >= 4 is 0 Å². The third kappa shape index (κ3) is 1.10. The highest BCUT2D eigenvalue weighted by Gasteiger charge is 2.27. The van der Waals surface area contributed by atoms with Crippen molar-refractivity contribution in [3.05, 3.63) is 0 Å². The first kappa shape index (κ1) is 4.99. The summed E-state index contributed by atoms with van der Waals surface area (Å²) < 4.78 is 0. The molecule has 0 spiro atoms. The van der Waals surface area contributed by atoms with Crippen LogP contribution >= 0.6 is 0 Å². The van der Waals surface area contributed by atoms with Crippen LogP contribution in [0.5, 0.6) is 0 Å². The maximum absolute atomic E-state index is 8.62. The number of hydroxylamine groups is 4. The van der Waals surface area contributed by atoms with Crippen molar-refractivity contribution in [2.24, 2.45) is 0 Å². The van der Waals surface area contributed by atoms with Crippen LogP contribution in [0.1, 0.15) is 0 Å². The Balaban J connectivity index is 2.40. The molecule has 4 nitrogen and oxygen atoms in total. The van der Waals surface area contributed by atoms with Crippen LogP contribution in [0.2, 0.25) is 0 Å². The fraction of sp³-hybridized carbons (Fsp3) is 1.00. The minimum absolute atomic E-state index is 0.250. The molecule has 1 heterocycles. The quantitative estimate of drug-likeness (QED) is 0.351. The first-order valence-corrected chi connectivity index (χ1v) is 2.24. The van der Waals surface area contributed by atoms with E-state index in [4.69, 9.17) is 10.4 Å². The summed E-state index contributed by atoms with van der Waals surface area (Å²) in [6.45, 7) is 1.33. The minimum Gasteiger partial charge on any atom is -0.259 e. The third-order valence-electron chi connectivity index (χ3n) is 1.01.